The fourth-order valence-electron chi connectivity index (χ4n) is 2.43. The number of aryl methyl sites for hydroxylation is 2. The molecule has 0 saturated carbocycles. The van der Waals surface area contributed by atoms with E-state index in [0.29, 0.717) is 49.8 Å². The first-order chi connectivity index (χ1) is 13.0. The molecule has 8 nitrogen and oxygen atoms in total. The average Bonchev–Trinajstić information content (AvgIpc) is 3.11. The lowest BCUT2D eigenvalue weighted by Gasteiger charge is -2.11. The minimum Gasteiger partial charge on any atom is -0.493 e. The number of methoxy groups -OCH3 is 1. The molecule has 1 aromatic heterocycles. The standard InChI is InChI=1S/C19H25N3O5/c1-4-26-16-7-5-14(12-17(16)25-3)6-8-18(23)20-9-10-21-19(24)15-11-13(2)27-22-15/h5,7,11-12H,4,6,8-10H2,1-3H3,(H,20,23)(H,21,24). The molecule has 0 aliphatic heterocycles. The van der Waals surface area contributed by atoms with Crippen molar-refractivity contribution in [2.45, 2.75) is 26.7 Å². The largest absolute Gasteiger partial charge is 0.493 e. The van der Waals surface area contributed by atoms with Gasteiger partial charge in [-0.1, -0.05) is 11.2 Å². The minimum absolute atomic E-state index is 0.0885. The van der Waals surface area contributed by atoms with E-state index >= 15 is 0 Å². The number of hydrogen-bond acceptors (Lipinski definition) is 6. The van der Waals surface area contributed by atoms with Crippen LogP contribution in [-0.2, 0) is 11.2 Å². The van der Waals surface area contributed by atoms with Gasteiger partial charge in [-0.2, -0.15) is 0 Å². The molecule has 8 heteroatoms. The van der Waals surface area contributed by atoms with E-state index in [4.69, 9.17) is 14.0 Å². The van der Waals surface area contributed by atoms with Gasteiger partial charge in [-0.3, -0.25) is 9.59 Å². The molecule has 146 valence electrons. The zero-order valence-electron chi connectivity index (χ0n) is 15.8. The molecular weight excluding hydrogens is 350 g/mol. The molecule has 2 N–H and O–H groups in total. The molecule has 2 aromatic rings. The second kappa shape index (κ2) is 10.2. The predicted octanol–water partition coefficient (Wildman–Crippen LogP) is 1.87. The number of nitrogens with one attached hydrogen (secondary N) is 2. The first-order valence-corrected chi connectivity index (χ1v) is 8.81. The minimum atomic E-state index is -0.331. The first kappa shape index (κ1) is 20.3. The molecule has 0 unspecified atom stereocenters. The van der Waals surface area contributed by atoms with E-state index in [-0.39, 0.29) is 17.5 Å². The molecule has 1 heterocycles. The first-order valence-electron chi connectivity index (χ1n) is 8.81. The third kappa shape index (κ3) is 6.32. The summed E-state index contributed by atoms with van der Waals surface area (Å²) in [5, 5.41) is 9.07. The monoisotopic (exact) mass is 375 g/mol. The fourth-order valence-corrected chi connectivity index (χ4v) is 2.43. The second-order valence-corrected chi connectivity index (χ2v) is 5.85. The Morgan fingerprint density at radius 2 is 1.93 bits per heavy atom. The molecule has 0 atom stereocenters. The Labute approximate surface area is 158 Å². The van der Waals surface area contributed by atoms with E-state index < -0.39 is 0 Å². The predicted molar refractivity (Wildman–Crippen MR) is 99.1 cm³/mol. The van der Waals surface area contributed by atoms with Gasteiger partial charge in [-0.15, -0.1) is 0 Å². The van der Waals surface area contributed by atoms with E-state index in [0.717, 1.165) is 5.56 Å². The lowest BCUT2D eigenvalue weighted by Crippen LogP contribution is -2.34. The van der Waals surface area contributed by atoms with Gasteiger partial charge in [-0.25, -0.2) is 0 Å². The Balaban J connectivity index is 1.69. The quantitative estimate of drug-likeness (QED) is 0.615. The van der Waals surface area contributed by atoms with Gasteiger partial charge in [0, 0.05) is 25.6 Å². The number of carbonyl (C=O) groups is 2. The van der Waals surface area contributed by atoms with Gasteiger partial charge in [-0.05, 0) is 38.0 Å². The zero-order valence-corrected chi connectivity index (χ0v) is 15.8. The van der Waals surface area contributed by atoms with Crippen LogP contribution in [0.3, 0.4) is 0 Å². The summed E-state index contributed by atoms with van der Waals surface area (Å²) in [4.78, 5) is 23.7. The Hall–Kier alpha value is -3.03. The summed E-state index contributed by atoms with van der Waals surface area (Å²) >= 11 is 0. The second-order valence-electron chi connectivity index (χ2n) is 5.85. The molecule has 0 bridgehead atoms. The topological polar surface area (TPSA) is 103 Å². The van der Waals surface area contributed by atoms with Gasteiger partial charge in [0.25, 0.3) is 5.91 Å². The SMILES string of the molecule is CCOc1ccc(CCC(=O)NCCNC(=O)c2cc(C)on2)cc1OC. The summed E-state index contributed by atoms with van der Waals surface area (Å²) in [6, 6.07) is 7.19. The van der Waals surface area contributed by atoms with E-state index in [1.54, 1.807) is 20.1 Å². The molecule has 0 radical (unpaired) electrons. The van der Waals surface area contributed by atoms with Gasteiger partial charge >= 0.3 is 0 Å². The molecule has 2 rings (SSSR count). The lowest BCUT2D eigenvalue weighted by molar-refractivity contribution is -0.121. The Bertz CT molecular complexity index is 772. The molecule has 0 fully saturated rings. The third-order valence-electron chi connectivity index (χ3n) is 3.76. The van der Waals surface area contributed by atoms with Crippen LogP contribution in [-0.4, -0.2) is 43.8 Å². The number of nitrogens with zero attached hydrogens (tertiary/aromatic N) is 1. The summed E-state index contributed by atoms with van der Waals surface area (Å²) < 4.78 is 15.6. The highest BCUT2D eigenvalue weighted by Crippen LogP contribution is 2.28. The van der Waals surface area contributed by atoms with Crippen molar-refractivity contribution in [3.63, 3.8) is 0 Å². The van der Waals surface area contributed by atoms with E-state index in [1.165, 1.54) is 0 Å². The maximum absolute atomic E-state index is 12.0. The van der Waals surface area contributed by atoms with Crippen LogP contribution in [0.1, 0.15) is 35.2 Å². The summed E-state index contributed by atoms with van der Waals surface area (Å²) in [6.07, 6.45) is 0.923. The summed E-state index contributed by atoms with van der Waals surface area (Å²) in [6.45, 7) is 4.84. The van der Waals surface area contributed by atoms with Crippen LogP contribution < -0.4 is 20.1 Å². The van der Waals surface area contributed by atoms with Crippen LogP contribution in [0.2, 0.25) is 0 Å². The van der Waals surface area contributed by atoms with Crippen molar-refractivity contribution < 1.29 is 23.6 Å². The van der Waals surface area contributed by atoms with E-state index in [2.05, 4.69) is 15.8 Å². The van der Waals surface area contributed by atoms with Crippen LogP contribution in [0.15, 0.2) is 28.8 Å². The zero-order chi connectivity index (χ0) is 19.6. The molecule has 0 saturated heterocycles. The molecule has 1 aromatic carbocycles. The summed E-state index contributed by atoms with van der Waals surface area (Å²) in [5.41, 5.74) is 1.21. The number of aromatic nitrogens is 1. The van der Waals surface area contributed by atoms with Crippen LogP contribution in [0.5, 0.6) is 11.5 Å². The number of ether oxygens (including phenoxy) is 2. The summed E-state index contributed by atoms with van der Waals surface area (Å²) in [7, 11) is 1.59. The van der Waals surface area contributed by atoms with Crippen LogP contribution in [0.4, 0.5) is 0 Å². The van der Waals surface area contributed by atoms with Crippen molar-refractivity contribution in [3.8, 4) is 11.5 Å². The molecular formula is C19H25N3O5. The maximum atomic E-state index is 12.0. The smallest absolute Gasteiger partial charge is 0.273 e. The maximum Gasteiger partial charge on any atom is 0.273 e. The van der Waals surface area contributed by atoms with Crippen LogP contribution >= 0.6 is 0 Å². The highest BCUT2D eigenvalue weighted by atomic mass is 16.5. The Kier molecular flexibility index (Phi) is 7.66. The number of rotatable bonds is 10. The molecule has 27 heavy (non-hydrogen) atoms. The van der Waals surface area contributed by atoms with Crippen LogP contribution in [0.25, 0.3) is 0 Å². The number of carbonyl (C=O) groups excluding carboxylic acids is 2. The molecule has 0 spiro atoms. The lowest BCUT2D eigenvalue weighted by atomic mass is 10.1. The molecule has 0 aliphatic carbocycles. The van der Waals surface area contributed by atoms with Crippen molar-refractivity contribution in [1.29, 1.82) is 0 Å². The van der Waals surface area contributed by atoms with Gasteiger partial charge in [0.05, 0.1) is 13.7 Å². The van der Waals surface area contributed by atoms with Crippen molar-refractivity contribution in [1.82, 2.24) is 15.8 Å². The molecule has 2 amide bonds. The number of benzene rings is 1. The summed E-state index contributed by atoms with van der Waals surface area (Å²) in [5.74, 6) is 1.49. The highest BCUT2D eigenvalue weighted by Gasteiger charge is 2.10. The number of amides is 2. The number of hydrogen-bond donors (Lipinski definition) is 2. The van der Waals surface area contributed by atoms with Crippen molar-refractivity contribution in [2.75, 3.05) is 26.8 Å². The van der Waals surface area contributed by atoms with Gasteiger partial charge in [0.1, 0.15) is 5.76 Å². The van der Waals surface area contributed by atoms with Crippen molar-refractivity contribution in [2.24, 2.45) is 0 Å². The van der Waals surface area contributed by atoms with Crippen LogP contribution in [0, 0.1) is 6.92 Å². The Morgan fingerprint density at radius 1 is 1.15 bits per heavy atom. The Morgan fingerprint density at radius 3 is 2.59 bits per heavy atom. The van der Waals surface area contributed by atoms with Gasteiger partial charge < -0.3 is 24.6 Å². The van der Waals surface area contributed by atoms with Gasteiger partial charge in [0.2, 0.25) is 5.91 Å². The highest BCUT2D eigenvalue weighted by molar-refractivity contribution is 5.92. The van der Waals surface area contributed by atoms with Crippen molar-refractivity contribution in [3.05, 3.63) is 41.3 Å². The van der Waals surface area contributed by atoms with E-state index in [9.17, 15) is 9.59 Å². The normalized spacial score (nSPS) is 10.3. The third-order valence-corrected chi connectivity index (χ3v) is 3.76. The average molecular weight is 375 g/mol. The van der Waals surface area contributed by atoms with Gasteiger partial charge in [0.15, 0.2) is 17.2 Å². The van der Waals surface area contributed by atoms with E-state index in [1.807, 2.05) is 25.1 Å². The molecule has 0 aliphatic rings. The van der Waals surface area contributed by atoms with Crippen molar-refractivity contribution >= 4 is 11.8 Å². The fraction of sp³-hybridized carbons (Fsp3) is 0.421.